The molecule has 21 heavy (non-hydrogen) atoms. The second-order valence-corrected chi connectivity index (χ2v) is 6.26. The first-order valence-corrected chi connectivity index (χ1v) is 7.80. The molecule has 1 heterocycles. The van der Waals surface area contributed by atoms with Gasteiger partial charge in [-0.1, -0.05) is 0 Å². The Kier molecular flexibility index (Phi) is 8.02. The fourth-order valence-corrected chi connectivity index (χ4v) is 2.19. The van der Waals surface area contributed by atoms with Crippen LogP contribution < -0.4 is 0 Å². The van der Waals surface area contributed by atoms with Gasteiger partial charge in [-0.2, -0.15) is 0 Å². The number of hydrogen-bond donors (Lipinski definition) is 0. The smallest absolute Gasteiger partial charge is 0.272 e. The molecule has 0 bridgehead atoms. The summed E-state index contributed by atoms with van der Waals surface area (Å²) < 4.78 is 36.4. The number of alkyl halides is 2. The maximum atomic E-state index is 12.6. The van der Waals surface area contributed by atoms with Gasteiger partial charge in [-0.3, -0.25) is 4.90 Å². The van der Waals surface area contributed by atoms with Gasteiger partial charge >= 0.3 is 0 Å². The van der Waals surface area contributed by atoms with E-state index in [1.54, 1.807) is 4.90 Å². The topological polar surface area (TPSA) is 24.9 Å². The fourth-order valence-electron chi connectivity index (χ4n) is 2.19. The summed E-state index contributed by atoms with van der Waals surface area (Å²) in [5.74, 6) is -2.48. The molecule has 0 N–H and O–H groups in total. The van der Waals surface area contributed by atoms with Gasteiger partial charge in [-0.05, 0) is 34.2 Å². The zero-order chi connectivity index (χ0) is 15.9. The molecule has 1 fully saturated rings. The Morgan fingerprint density at radius 2 is 1.76 bits per heavy atom. The minimum Gasteiger partial charge on any atom is -0.377 e. The molecule has 1 saturated heterocycles. The van der Waals surface area contributed by atoms with E-state index in [1.807, 2.05) is 20.8 Å². The normalized spacial score (nSPS) is 20.0. The van der Waals surface area contributed by atoms with E-state index in [0.717, 1.165) is 26.1 Å². The molecule has 1 atom stereocenters. The number of ether oxygens (including phenoxy) is 2. The number of hydrogen-bond acceptors (Lipinski definition) is 4. The predicted molar refractivity (Wildman–Crippen MR) is 80.0 cm³/mol. The highest BCUT2D eigenvalue weighted by molar-refractivity contribution is 4.86. The van der Waals surface area contributed by atoms with Crippen LogP contribution in [0, 0.1) is 0 Å². The van der Waals surface area contributed by atoms with Gasteiger partial charge < -0.3 is 14.4 Å². The van der Waals surface area contributed by atoms with Crippen molar-refractivity contribution in [2.75, 3.05) is 53.0 Å². The SMILES string of the molecule is CC(C)OCCN(C)CCC(C)OCCN1CC(F)(F)C1. The molecule has 1 unspecified atom stereocenters. The number of likely N-dealkylation sites (tertiary alicyclic amines) is 1. The van der Waals surface area contributed by atoms with Crippen LogP contribution >= 0.6 is 0 Å². The summed E-state index contributed by atoms with van der Waals surface area (Å²) in [6.45, 7) is 9.57. The van der Waals surface area contributed by atoms with Crippen LogP contribution in [0.15, 0.2) is 0 Å². The average molecular weight is 308 g/mol. The number of rotatable bonds is 11. The molecule has 126 valence electrons. The molecule has 0 aliphatic carbocycles. The molecule has 0 amide bonds. The number of likely N-dealkylation sites (N-methyl/N-ethyl adjacent to an activating group) is 1. The van der Waals surface area contributed by atoms with Gasteiger partial charge in [0, 0.05) is 19.6 Å². The fraction of sp³-hybridized carbons (Fsp3) is 1.00. The molecule has 0 aromatic carbocycles. The first-order chi connectivity index (χ1) is 9.78. The molecule has 1 rings (SSSR count). The summed E-state index contributed by atoms with van der Waals surface area (Å²) >= 11 is 0. The predicted octanol–water partition coefficient (Wildman–Crippen LogP) is 2.09. The molecule has 0 saturated carbocycles. The summed E-state index contributed by atoms with van der Waals surface area (Å²) in [6, 6.07) is 0. The highest BCUT2D eigenvalue weighted by Gasteiger charge is 2.43. The van der Waals surface area contributed by atoms with Crippen LogP contribution in [-0.2, 0) is 9.47 Å². The van der Waals surface area contributed by atoms with E-state index in [0.29, 0.717) is 13.2 Å². The van der Waals surface area contributed by atoms with Gasteiger partial charge in [0.1, 0.15) is 0 Å². The van der Waals surface area contributed by atoms with Crippen LogP contribution in [0.4, 0.5) is 8.78 Å². The van der Waals surface area contributed by atoms with E-state index in [4.69, 9.17) is 9.47 Å². The van der Waals surface area contributed by atoms with Crippen LogP contribution in [0.3, 0.4) is 0 Å². The molecule has 1 aliphatic heterocycles. The highest BCUT2D eigenvalue weighted by atomic mass is 19.3. The number of nitrogens with zero attached hydrogens (tertiary/aromatic N) is 2. The second-order valence-electron chi connectivity index (χ2n) is 6.26. The Balaban J connectivity index is 1.94. The first kappa shape index (κ1) is 18.7. The molecule has 0 spiro atoms. The number of halogens is 2. The van der Waals surface area contributed by atoms with Crippen molar-refractivity contribution < 1.29 is 18.3 Å². The lowest BCUT2D eigenvalue weighted by molar-refractivity contribution is -0.136. The Hall–Kier alpha value is -0.300. The maximum absolute atomic E-state index is 12.6. The van der Waals surface area contributed by atoms with Gasteiger partial charge in [-0.15, -0.1) is 0 Å². The van der Waals surface area contributed by atoms with Crippen LogP contribution in [0.5, 0.6) is 0 Å². The van der Waals surface area contributed by atoms with Gasteiger partial charge in [0.15, 0.2) is 0 Å². The molecule has 1 aliphatic rings. The molecule has 0 aromatic heterocycles. The third kappa shape index (κ3) is 8.66. The van der Waals surface area contributed by atoms with E-state index in [9.17, 15) is 8.78 Å². The summed E-state index contributed by atoms with van der Waals surface area (Å²) in [5.41, 5.74) is 0. The molecule has 4 nitrogen and oxygen atoms in total. The zero-order valence-corrected chi connectivity index (χ0v) is 13.8. The van der Waals surface area contributed by atoms with E-state index in [2.05, 4.69) is 11.9 Å². The lowest BCUT2D eigenvalue weighted by Gasteiger charge is -2.38. The third-order valence-corrected chi connectivity index (χ3v) is 3.56. The molecule has 6 heteroatoms. The van der Waals surface area contributed by atoms with Crippen molar-refractivity contribution in [2.45, 2.75) is 45.3 Å². The van der Waals surface area contributed by atoms with Crippen molar-refractivity contribution in [1.82, 2.24) is 9.80 Å². The Morgan fingerprint density at radius 1 is 1.10 bits per heavy atom. The second kappa shape index (κ2) is 8.98. The summed E-state index contributed by atoms with van der Waals surface area (Å²) in [6.07, 6.45) is 1.36. The lowest BCUT2D eigenvalue weighted by atomic mass is 10.1. The van der Waals surface area contributed by atoms with Crippen molar-refractivity contribution in [3.05, 3.63) is 0 Å². The monoisotopic (exact) mass is 308 g/mol. The zero-order valence-electron chi connectivity index (χ0n) is 13.8. The van der Waals surface area contributed by atoms with Crippen molar-refractivity contribution >= 4 is 0 Å². The van der Waals surface area contributed by atoms with E-state index < -0.39 is 5.92 Å². The van der Waals surface area contributed by atoms with Gasteiger partial charge in [-0.25, -0.2) is 8.78 Å². The van der Waals surface area contributed by atoms with Gasteiger partial charge in [0.25, 0.3) is 5.92 Å². The van der Waals surface area contributed by atoms with Crippen molar-refractivity contribution in [2.24, 2.45) is 0 Å². The Bertz CT molecular complexity index is 283. The van der Waals surface area contributed by atoms with Crippen LogP contribution in [0.1, 0.15) is 27.2 Å². The quantitative estimate of drug-likeness (QED) is 0.583. The maximum Gasteiger partial charge on any atom is 0.272 e. The Labute approximate surface area is 127 Å². The highest BCUT2D eigenvalue weighted by Crippen LogP contribution is 2.25. The average Bonchev–Trinajstić information content (AvgIpc) is 2.33. The molecule has 0 aromatic rings. The van der Waals surface area contributed by atoms with Crippen LogP contribution in [0.2, 0.25) is 0 Å². The summed E-state index contributed by atoms with van der Waals surface area (Å²) in [4.78, 5) is 3.94. The van der Waals surface area contributed by atoms with Crippen molar-refractivity contribution in [1.29, 1.82) is 0 Å². The molecule has 0 radical (unpaired) electrons. The first-order valence-electron chi connectivity index (χ1n) is 7.80. The lowest BCUT2D eigenvalue weighted by Crippen LogP contribution is -2.56. The van der Waals surface area contributed by atoms with E-state index in [1.165, 1.54) is 0 Å². The minimum atomic E-state index is -2.48. The summed E-state index contributed by atoms with van der Waals surface area (Å²) in [7, 11) is 2.07. The van der Waals surface area contributed by atoms with Crippen LogP contribution in [-0.4, -0.2) is 80.9 Å². The molecular formula is C15H30F2N2O2. The van der Waals surface area contributed by atoms with Crippen molar-refractivity contribution in [3.8, 4) is 0 Å². The molecular weight excluding hydrogens is 278 g/mol. The van der Waals surface area contributed by atoms with Crippen LogP contribution in [0.25, 0.3) is 0 Å². The van der Waals surface area contributed by atoms with Gasteiger partial charge in [0.05, 0.1) is 38.5 Å². The largest absolute Gasteiger partial charge is 0.377 e. The van der Waals surface area contributed by atoms with Crippen molar-refractivity contribution in [3.63, 3.8) is 0 Å². The summed E-state index contributed by atoms with van der Waals surface area (Å²) in [5, 5.41) is 0. The standard InChI is InChI=1S/C15H30F2N2O2/c1-13(2)20-9-7-18(4)6-5-14(3)21-10-8-19-11-15(16,17)12-19/h13-14H,5-12H2,1-4H3. The third-order valence-electron chi connectivity index (χ3n) is 3.56. The van der Waals surface area contributed by atoms with E-state index >= 15 is 0 Å². The minimum absolute atomic E-state index is 0.122. The van der Waals surface area contributed by atoms with E-state index in [-0.39, 0.29) is 25.3 Å². The Morgan fingerprint density at radius 3 is 2.33 bits per heavy atom. The van der Waals surface area contributed by atoms with Gasteiger partial charge in [0.2, 0.25) is 0 Å².